The summed E-state index contributed by atoms with van der Waals surface area (Å²) in [6, 6.07) is 13.9. The molecule has 0 aliphatic carbocycles. The van der Waals surface area contributed by atoms with E-state index in [0.29, 0.717) is 18.9 Å². The third-order valence-corrected chi connectivity index (χ3v) is 7.57. The molecule has 6 heteroatoms. The van der Waals surface area contributed by atoms with E-state index in [1.807, 2.05) is 6.08 Å². The Kier molecular flexibility index (Phi) is 9.40. The van der Waals surface area contributed by atoms with Crippen LogP contribution in [0, 0.1) is 17.8 Å². The molecule has 1 unspecified atom stereocenters. The molecule has 2 aromatic rings. The Morgan fingerprint density at radius 2 is 1.72 bits per heavy atom. The summed E-state index contributed by atoms with van der Waals surface area (Å²) < 4.78 is 39.7. The summed E-state index contributed by atoms with van der Waals surface area (Å²) in [5.74, 6) is -0.849. The highest BCUT2D eigenvalue weighted by Crippen LogP contribution is 2.44. The molecule has 0 spiro atoms. The lowest BCUT2D eigenvalue weighted by molar-refractivity contribution is -0.144. The van der Waals surface area contributed by atoms with E-state index < -0.39 is 23.6 Å². The highest BCUT2D eigenvalue weighted by atomic mass is 19.4. The van der Waals surface area contributed by atoms with Gasteiger partial charge in [0.1, 0.15) is 0 Å². The maximum Gasteiger partial charge on any atom is 0.416 e. The molecule has 3 rings (SSSR count). The molecule has 1 heterocycles. The SMILES string of the molecule is C=CCc1ccc([C@@H](CCC(C)C)N2CC[C@H](C(C)C(=O)O)C[C@H]2c2ccc(C(F)(F)F)cc2)cc1. The lowest BCUT2D eigenvalue weighted by Gasteiger charge is -2.45. The maximum absolute atomic E-state index is 13.2. The van der Waals surface area contributed by atoms with E-state index in [1.54, 1.807) is 19.1 Å². The summed E-state index contributed by atoms with van der Waals surface area (Å²) >= 11 is 0. The summed E-state index contributed by atoms with van der Waals surface area (Å²) in [4.78, 5) is 14.2. The summed E-state index contributed by atoms with van der Waals surface area (Å²) in [7, 11) is 0. The first-order chi connectivity index (χ1) is 17.0. The van der Waals surface area contributed by atoms with Crippen molar-refractivity contribution < 1.29 is 23.1 Å². The molecule has 2 aromatic carbocycles. The summed E-state index contributed by atoms with van der Waals surface area (Å²) in [6.07, 6.45) is 1.57. The topological polar surface area (TPSA) is 40.5 Å². The van der Waals surface area contributed by atoms with Gasteiger partial charge in [0, 0.05) is 12.1 Å². The zero-order chi connectivity index (χ0) is 26.5. The first-order valence-corrected chi connectivity index (χ1v) is 12.9. The fourth-order valence-corrected chi connectivity index (χ4v) is 5.32. The molecule has 1 saturated heterocycles. The van der Waals surface area contributed by atoms with Crippen LogP contribution in [0.2, 0.25) is 0 Å². The fraction of sp³-hybridized carbons (Fsp3) is 0.500. The number of hydrogen-bond donors (Lipinski definition) is 1. The Labute approximate surface area is 213 Å². The van der Waals surface area contributed by atoms with Crippen LogP contribution < -0.4 is 0 Å². The number of nitrogens with zero attached hydrogens (tertiary/aromatic N) is 1. The molecule has 1 aliphatic heterocycles. The first kappa shape index (κ1) is 28.0. The van der Waals surface area contributed by atoms with Gasteiger partial charge in [-0.1, -0.05) is 63.2 Å². The fourth-order valence-electron chi connectivity index (χ4n) is 5.32. The molecule has 1 fully saturated rings. The third-order valence-electron chi connectivity index (χ3n) is 7.57. The van der Waals surface area contributed by atoms with Crippen molar-refractivity contribution in [2.75, 3.05) is 6.54 Å². The second kappa shape index (κ2) is 12.1. The average Bonchev–Trinajstić information content (AvgIpc) is 2.84. The van der Waals surface area contributed by atoms with Crippen molar-refractivity contribution in [1.29, 1.82) is 0 Å². The Morgan fingerprint density at radius 1 is 1.08 bits per heavy atom. The van der Waals surface area contributed by atoms with Crippen LogP contribution >= 0.6 is 0 Å². The largest absolute Gasteiger partial charge is 0.481 e. The highest BCUT2D eigenvalue weighted by molar-refractivity contribution is 5.69. The van der Waals surface area contributed by atoms with E-state index in [9.17, 15) is 23.1 Å². The van der Waals surface area contributed by atoms with Crippen molar-refractivity contribution in [2.24, 2.45) is 17.8 Å². The van der Waals surface area contributed by atoms with Crippen molar-refractivity contribution in [3.8, 4) is 0 Å². The number of aliphatic carboxylic acids is 1. The molecule has 0 aromatic heterocycles. The van der Waals surface area contributed by atoms with E-state index in [4.69, 9.17) is 0 Å². The van der Waals surface area contributed by atoms with E-state index in [0.717, 1.165) is 43.4 Å². The van der Waals surface area contributed by atoms with Crippen LogP contribution in [0.5, 0.6) is 0 Å². The number of alkyl halides is 3. The van der Waals surface area contributed by atoms with Gasteiger partial charge in [-0.2, -0.15) is 13.2 Å². The number of halogens is 3. The Morgan fingerprint density at radius 3 is 2.25 bits per heavy atom. The summed E-state index contributed by atoms with van der Waals surface area (Å²) in [5.41, 5.74) is 2.51. The summed E-state index contributed by atoms with van der Waals surface area (Å²) in [6.45, 7) is 10.6. The first-order valence-electron chi connectivity index (χ1n) is 12.9. The molecule has 1 N–H and O–H groups in total. The molecule has 4 atom stereocenters. The lowest BCUT2D eigenvalue weighted by atomic mass is 9.78. The smallest absolute Gasteiger partial charge is 0.416 e. The third kappa shape index (κ3) is 7.00. The minimum absolute atomic E-state index is 0.0354. The molecule has 3 nitrogen and oxygen atoms in total. The van der Waals surface area contributed by atoms with Crippen molar-refractivity contribution in [1.82, 2.24) is 4.90 Å². The van der Waals surface area contributed by atoms with Crippen LogP contribution in [0.25, 0.3) is 0 Å². The lowest BCUT2D eigenvalue weighted by Crippen LogP contribution is -2.42. The number of piperidine rings is 1. The molecular formula is C30H38F3NO2. The van der Waals surface area contributed by atoms with Gasteiger partial charge in [-0.15, -0.1) is 6.58 Å². The quantitative estimate of drug-likeness (QED) is 0.335. The molecule has 0 bridgehead atoms. The molecule has 0 radical (unpaired) electrons. The van der Waals surface area contributed by atoms with Gasteiger partial charge in [0.05, 0.1) is 11.5 Å². The number of carboxylic acids is 1. The van der Waals surface area contributed by atoms with Crippen molar-refractivity contribution in [2.45, 2.75) is 71.1 Å². The molecule has 0 saturated carbocycles. The Bertz CT molecular complexity index is 998. The van der Waals surface area contributed by atoms with Crippen LogP contribution in [0.4, 0.5) is 13.2 Å². The molecule has 36 heavy (non-hydrogen) atoms. The van der Waals surface area contributed by atoms with Gasteiger partial charge in [0.25, 0.3) is 0 Å². The standard InChI is InChI=1S/C30H38F3NO2/c1-5-6-22-8-10-23(11-9-22)27(16-7-20(2)3)34-18-17-25(21(4)29(35)36)19-28(34)24-12-14-26(15-13-24)30(31,32)33/h5,8-15,20-21,25,27-28H,1,6-7,16-19H2,2-4H3,(H,35,36)/t21?,25-,27+,28-/m0/s1. The molecule has 0 amide bonds. The average molecular weight is 502 g/mol. The Balaban J connectivity index is 1.99. The van der Waals surface area contributed by atoms with E-state index in [1.165, 1.54) is 11.1 Å². The van der Waals surface area contributed by atoms with Crippen LogP contribution in [-0.4, -0.2) is 22.5 Å². The van der Waals surface area contributed by atoms with Crippen LogP contribution in [0.1, 0.15) is 80.8 Å². The number of hydrogen-bond acceptors (Lipinski definition) is 2. The van der Waals surface area contributed by atoms with Crippen LogP contribution in [-0.2, 0) is 17.4 Å². The normalized spacial score (nSPS) is 20.8. The molecular weight excluding hydrogens is 463 g/mol. The molecule has 196 valence electrons. The van der Waals surface area contributed by atoms with Gasteiger partial charge in [-0.25, -0.2) is 0 Å². The minimum atomic E-state index is -4.39. The number of rotatable bonds is 10. The van der Waals surface area contributed by atoms with Crippen molar-refractivity contribution in [3.05, 3.63) is 83.4 Å². The van der Waals surface area contributed by atoms with Gasteiger partial charge < -0.3 is 5.11 Å². The second-order valence-electron chi connectivity index (χ2n) is 10.5. The van der Waals surface area contributed by atoms with Crippen molar-refractivity contribution >= 4 is 5.97 Å². The minimum Gasteiger partial charge on any atom is -0.481 e. The van der Waals surface area contributed by atoms with E-state index in [2.05, 4.69) is 49.6 Å². The number of carbonyl (C=O) groups is 1. The number of benzene rings is 2. The highest BCUT2D eigenvalue weighted by Gasteiger charge is 2.38. The zero-order valence-electron chi connectivity index (χ0n) is 21.5. The second-order valence-corrected chi connectivity index (χ2v) is 10.5. The predicted octanol–water partition coefficient (Wildman–Crippen LogP) is 8.09. The molecule has 1 aliphatic rings. The van der Waals surface area contributed by atoms with Crippen LogP contribution in [0.15, 0.2) is 61.2 Å². The van der Waals surface area contributed by atoms with Crippen molar-refractivity contribution in [3.63, 3.8) is 0 Å². The number of allylic oxidation sites excluding steroid dienone is 1. The van der Waals surface area contributed by atoms with E-state index >= 15 is 0 Å². The number of likely N-dealkylation sites (tertiary alicyclic amines) is 1. The monoisotopic (exact) mass is 501 g/mol. The Hall–Kier alpha value is -2.60. The van der Waals surface area contributed by atoms with Gasteiger partial charge in [0.15, 0.2) is 0 Å². The zero-order valence-corrected chi connectivity index (χ0v) is 21.5. The van der Waals surface area contributed by atoms with Gasteiger partial charge >= 0.3 is 12.1 Å². The predicted molar refractivity (Wildman–Crippen MR) is 138 cm³/mol. The maximum atomic E-state index is 13.2. The number of carboxylic acid groups (broad SMARTS) is 1. The van der Waals surface area contributed by atoms with Gasteiger partial charge in [-0.05, 0) is 79.3 Å². The van der Waals surface area contributed by atoms with Gasteiger partial charge in [-0.3, -0.25) is 9.69 Å². The van der Waals surface area contributed by atoms with Gasteiger partial charge in [0.2, 0.25) is 0 Å². The van der Waals surface area contributed by atoms with E-state index in [-0.39, 0.29) is 18.0 Å². The van der Waals surface area contributed by atoms with Crippen LogP contribution in [0.3, 0.4) is 0 Å². The summed E-state index contributed by atoms with van der Waals surface area (Å²) in [5, 5.41) is 9.64.